The van der Waals surface area contributed by atoms with E-state index in [1.807, 2.05) is 31.2 Å². The maximum absolute atomic E-state index is 13.0. The van der Waals surface area contributed by atoms with Crippen LogP contribution >= 0.6 is 0 Å². The first-order chi connectivity index (χ1) is 14.4. The molecule has 0 bridgehead atoms. The Balaban J connectivity index is 1.61. The quantitative estimate of drug-likeness (QED) is 0.693. The van der Waals surface area contributed by atoms with E-state index in [2.05, 4.69) is 5.32 Å². The van der Waals surface area contributed by atoms with Crippen molar-refractivity contribution in [3.05, 3.63) is 54.1 Å². The van der Waals surface area contributed by atoms with E-state index in [4.69, 9.17) is 9.47 Å². The maximum Gasteiger partial charge on any atom is 0.243 e. The van der Waals surface area contributed by atoms with Gasteiger partial charge in [-0.05, 0) is 61.7 Å². The van der Waals surface area contributed by atoms with Gasteiger partial charge in [-0.15, -0.1) is 0 Å². The molecule has 0 aromatic heterocycles. The lowest BCUT2D eigenvalue weighted by Gasteiger charge is -2.31. The molecule has 0 spiro atoms. The van der Waals surface area contributed by atoms with E-state index in [0.717, 1.165) is 11.3 Å². The fraction of sp³-hybridized carbons (Fsp3) is 0.409. The van der Waals surface area contributed by atoms with Gasteiger partial charge in [0, 0.05) is 19.6 Å². The Morgan fingerprint density at radius 2 is 1.77 bits per heavy atom. The van der Waals surface area contributed by atoms with E-state index in [9.17, 15) is 13.2 Å². The molecule has 2 aromatic rings. The van der Waals surface area contributed by atoms with Crippen LogP contribution in [0.3, 0.4) is 0 Å². The zero-order valence-corrected chi connectivity index (χ0v) is 18.2. The van der Waals surface area contributed by atoms with Gasteiger partial charge in [0.2, 0.25) is 15.9 Å². The molecule has 0 radical (unpaired) electrons. The number of hydrogen-bond donors (Lipinski definition) is 1. The molecule has 30 heavy (non-hydrogen) atoms. The van der Waals surface area contributed by atoms with Crippen molar-refractivity contribution in [1.82, 2.24) is 9.62 Å². The molecule has 162 valence electrons. The van der Waals surface area contributed by atoms with Crippen LogP contribution in [0.15, 0.2) is 53.4 Å². The maximum atomic E-state index is 13.0. The number of amides is 1. The van der Waals surface area contributed by atoms with Crippen LogP contribution in [0, 0.1) is 5.92 Å². The summed E-state index contributed by atoms with van der Waals surface area (Å²) >= 11 is 0. The highest BCUT2D eigenvalue weighted by molar-refractivity contribution is 7.89. The second-order valence-corrected chi connectivity index (χ2v) is 9.11. The summed E-state index contributed by atoms with van der Waals surface area (Å²) in [5, 5.41) is 2.92. The normalized spacial score (nSPS) is 17.3. The number of sulfonamides is 1. The zero-order valence-electron chi connectivity index (χ0n) is 17.3. The number of carbonyl (C=O) groups excluding carboxylic acids is 1. The molecule has 3 rings (SSSR count). The lowest BCUT2D eigenvalue weighted by atomic mass is 9.99. The number of methoxy groups -OCH3 is 1. The van der Waals surface area contributed by atoms with E-state index in [1.165, 1.54) is 4.31 Å². The molecule has 1 saturated heterocycles. The van der Waals surface area contributed by atoms with Gasteiger partial charge >= 0.3 is 0 Å². The second kappa shape index (κ2) is 9.95. The number of benzene rings is 2. The Labute approximate surface area is 178 Å². The van der Waals surface area contributed by atoms with Gasteiger partial charge < -0.3 is 14.8 Å². The minimum Gasteiger partial charge on any atom is -0.497 e. The van der Waals surface area contributed by atoms with Crippen molar-refractivity contribution in [2.45, 2.75) is 31.2 Å². The standard InChI is InChI=1S/C22H28N2O5S/c1-3-29-20-10-12-21(13-11-20)30(26,27)24-14-4-5-18(16-24)22(25)23-15-17-6-8-19(28-2)9-7-17/h6-13,18H,3-5,14-16H2,1-2H3,(H,23,25)/t18-/m0/s1. The third-order valence-corrected chi connectivity index (χ3v) is 7.03. The average Bonchev–Trinajstić information content (AvgIpc) is 2.78. The molecular weight excluding hydrogens is 404 g/mol. The number of piperidine rings is 1. The predicted octanol–water partition coefficient (Wildman–Crippen LogP) is 2.81. The molecule has 1 amide bonds. The molecule has 8 heteroatoms. The van der Waals surface area contributed by atoms with E-state index in [-0.39, 0.29) is 23.3 Å². The van der Waals surface area contributed by atoms with Crippen LogP contribution in [-0.4, -0.2) is 45.4 Å². The number of nitrogens with zero attached hydrogens (tertiary/aromatic N) is 1. The summed E-state index contributed by atoms with van der Waals surface area (Å²) < 4.78 is 37.9. The smallest absolute Gasteiger partial charge is 0.243 e. The fourth-order valence-corrected chi connectivity index (χ4v) is 5.00. The molecule has 0 unspecified atom stereocenters. The highest BCUT2D eigenvalue weighted by Crippen LogP contribution is 2.25. The van der Waals surface area contributed by atoms with Gasteiger partial charge in [-0.3, -0.25) is 4.79 Å². The van der Waals surface area contributed by atoms with Gasteiger partial charge in [-0.25, -0.2) is 8.42 Å². The van der Waals surface area contributed by atoms with E-state index in [0.29, 0.717) is 38.3 Å². The summed E-state index contributed by atoms with van der Waals surface area (Å²) in [6.07, 6.45) is 1.32. The van der Waals surface area contributed by atoms with Gasteiger partial charge in [0.05, 0.1) is 24.5 Å². The summed E-state index contributed by atoms with van der Waals surface area (Å²) in [6, 6.07) is 13.9. The third kappa shape index (κ3) is 5.31. The largest absolute Gasteiger partial charge is 0.497 e. The van der Waals surface area contributed by atoms with Gasteiger partial charge in [-0.1, -0.05) is 12.1 Å². The molecule has 0 saturated carbocycles. The molecule has 0 aliphatic carbocycles. The van der Waals surface area contributed by atoms with Gasteiger partial charge in [0.25, 0.3) is 0 Å². The molecule has 1 fully saturated rings. The Morgan fingerprint density at radius 3 is 2.40 bits per heavy atom. The number of nitrogens with one attached hydrogen (secondary N) is 1. The molecule has 7 nitrogen and oxygen atoms in total. The summed E-state index contributed by atoms with van der Waals surface area (Å²) in [5.41, 5.74) is 0.957. The van der Waals surface area contributed by atoms with Crippen LogP contribution in [0.1, 0.15) is 25.3 Å². The first-order valence-electron chi connectivity index (χ1n) is 10.1. The average molecular weight is 433 g/mol. The Kier molecular flexibility index (Phi) is 7.33. The Morgan fingerprint density at radius 1 is 1.10 bits per heavy atom. The number of ether oxygens (including phenoxy) is 2. The van der Waals surface area contributed by atoms with Crippen LogP contribution in [0.5, 0.6) is 11.5 Å². The molecule has 2 aromatic carbocycles. The summed E-state index contributed by atoms with van der Waals surface area (Å²) in [4.78, 5) is 12.9. The van der Waals surface area contributed by atoms with Gasteiger partial charge in [-0.2, -0.15) is 4.31 Å². The highest BCUT2D eigenvalue weighted by Gasteiger charge is 2.33. The molecule has 1 heterocycles. The molecule has 1 aliphatic heterocycles. The van der Waals surface area contributed by atoms with Crippen molar-refractivity contribution < 1.29 is 22.7 Å². The number of hydrogen-bond acceptors (Lipinski definition) is 5. The Hall–Kier alpha value is -2.58. The Bertz CT molecular complexity index is 942. The van der Waals surface area contributed by atoms with E-state index in [1.54, 1.807) is 31.4 Å². The minimum absolute atomic E-state index is 0.127. The van der Waals surface area contributed by atoms with Crippen LogP contribution in [0.25, 0.3) is 0 Å². The second-order valence-electron chi connectivity index (χ2n) is 7.17. The first-order valence-corrected chi connectivity index (χ1v) is 11.5. The lowest BCUT2D eigenvalue weighted by Crippen LogP contribution is -2.45. The van der Waals surface area contributed by atoms with Crippen LogP contribution in [0.4, 0.5) is 0 Å². The summed E-state index contributed by atoms with van der Waals surface area (Å²) in [6.45, 7) is 3.39. The van der Waals surface area contributed by atoms with Crippen molar-refractivity contribution in [3.8, 4) is 11.5 Å². The van der Waals surface area contributed by atoms with Gasteiger partial charge in [0.1, 0.15) is 11.5 Å². The molecule has 1 N–H and O–H groups in total. The van der Waals surface area contributed by atoms with E-state index >= 15 is 0 Å². The monoisotopic (exact) mass is 432 g/mol. The third-order valence-electron chi connectivity index (χ3n) is 5.15. The van der Waals surface area contributed by atoms with Crippen LogP contribution < -0.4 is 14.8 Å². The molecule has 1 aliphatic rings. The van der Waals surface area contributed by atoms with Gasteiger partial charge in [0.15, 0.2) is 0 Å². The highest BCUT2D eigenvalue weighted by atomic mass is 32.2. The van der Waals surface area contributed by atoms with Crippen molar-refractivity contribution in [2.75, 3.05) is 26.8 Å². The topological polar surface area (TPSA) is 84.9 Å². The molecule has 1 atom stereocenters. The zero-order chi connectivity index (χ0) is 21.6. The number of carbonyl (C=O) groups is 1. The summed E-state index contributed by atoms with van der Waals surface area (Å²) in [5.74, 6) is 0.894. The van der Waals surface area contributed by atoms with Crippen molar-refractivity contribution in [1.29, 1.82) is 0 Å². The fourth-order valence-electron chi connectivity index (χ4n) is 3.48. The predicted molar refractivity (Wildman–Crippen MR) is 114 cm³/mol. The SMILES string of the molecule is CCOc1ccc(S(=O)(=O)N2CCC[C@H](C(=O)NCc3ccc(OC)cc3)C2)cc1. The first kappa shape index (κ1) is 22.1. The van der Waals surface area contributed by atoms with E-state index < -0.39 is 10.0 Å². The summed E-state index contributed by atoms with van der Waals surface area (Å²) in [7, 11) is -2.05. The lowest BCUT2D eigenvalue weighted by molar-refractivity contribution is -0.126. The minimum atomic E-state index is -3.65. The van der Waals surface area contributed by atoms with Crippen molar-refractivity contribution in [3.63, 3.8) is 0 Å². The molecular formula is C22H28N2O5S. The number of rotatable bonds is 8. The van der Waals surface area contributed by atoms with Crippen LogP contribution in [0.2, 0.25) is 0 Å². The van der Waals surface area contributed by atoms with Crippen molar-refractivity contribution >= 4 is 15.9 Å². The van der Waals surface area contributed by atoms with Crippen molar-refractivity contribution in [2.24, 2.45) is 5.92 Å². The van der Waals surface area contributed by atoms with Crippen LogP contribution in [-0.2, 0) is 21.4 Å².